The Balaban J connectivity index is 3.91. The maximum Gasteiger partial charge on any atom is 0.140 e. The summed E-state index contributed by atoms with van der Waals surface area (Å²) in [6.07, 6.45) is 1.44. The molecule has 0 saturated heterocycles. The maximum absolute atomic E-state index is 11.1. The topological polar surface area (TPSA) is 37.3 Å². The molecular weight excluding hydrogens is 128 g/mol. The molecule has 0 spiro atoms. The SMILES string of the molecule is CCCC(=O)C(C)(C)CO. The molecule has 0 aliphatic heterocycles. The first-order valence-corrected chi connectivity index (χ1v) is 3.68. The van der Waals surface area contributed by atoms with Crippen molar-refractivity contribution in [3.8, 4) is 0 Å². The van der Waals surface area contributed by atoms with E-state index in [0.717, 1.165) is 6.42 Å². The Kier molecular flexibility index (Phi) is 3.58. The van der Waals surface area contributed by atoms with E-state index in [1.165, 1.54) is 0 Å². The summed E-state index contributed by atoms with van der Waals surface area (Å²) >= 11 is 0. The first-order chi connectivity index (χ1) is 4.54. The van der Waals surface area contributed by atoms with Gasteiger partial charge in [-0.3, -0.25) is 4.79 Å². The van der Waals surface area contributed by atoms with Gasteiger partial charge in [0.15, 0.2) is 0 Å². The highest BCUT2D eigenvalue weighted by Gasteiger charge is 2.24. The molecule has 0 atom stereocenters. The van der Waals surface area contributed by atoms with E-state index in [1.54, 1.807) is 13.8 Å². The van der Waals surface area contributed by atoms with Crippen LogP contribution in [0.3, 0.4) is 0 Å². The van der Waals surface area contributed by atoms with Crippen molar-refractivity contribution >= 4 is 5.78 Å². The van der Waals surface area contributed by atoms with Crippen LogP contribution in [0.2, 0.25) is 0 Å². The van der Waals surface area contributed by atoms with E-state index in [4.69, 9.17) is 5.11 Å². The molecule has 2 nitrogen and oxygen atoms in total. The van der Waals surface area contributed by atoms with Crippen LogP contribution >= 0.6 is 0 Å². The third kappa shape index (κ3) is 2.48. The minimum absolute atomic E-state index is 0.0498. The number of ketones is 1. The highest BCUT2D eigenvalue weighted by atomic mass is 16.3. The standard InChI is InChI=1S/C8H16O2/c1-4-5-7(10)8(2,3)6-9/h9H,4-6H2,1-3H3. The minimum Gasteiger partial charge on any atom is -0.395 e. The van der Waals surface area contributed by atoms with Crippen molar-refractivity contribution in [1.29, 1.82) is 0 Å². The highest BCUT2D eigenvalue weighted by molar-refractivity contribution is 5.84. The van der Waals surface area contributed by atoms with Crippen LogP contribution in [0.25, 0.3) is 0 Å². The summed E-state index contributed by atoms with van der Waals surface area (Å²) in [6.45, 7) is 5.45. The van der Waals surface area contributed by atoms with Crippen molar-refractivity contribution in [2.24, 2.45) is 5.41 Å². The van der Waals surface area contributed by atoms with Crippen molar-refractivity contribution in [1.82, 2.24) is 0 Å². The molecule has 0 radical (unpaired) electrons. The Morgan fingerprint density at radius 3 is 2.30 bits per heavy atom. The summed E-state index contributed by atoms with van der Waals surface area (Å²) in [5.74, 6) is 0.150. The molecule has 0 saturated carbocycles. The Labute approximate surface area is 62.2 Å². The summed E-state index contributed by atoms with van der Waals surface area (Å²) < 4.78 is 0. The Bertz CT molecular complexity index is 116. The minimum atomic E-state index is -0.532. The zero-order valence-corrected chi connectivity index (χ0v) is 6.98. The number of hydrogen-bond acceptors (Lipinski definition) is 2. The Morgan fingerprint density at radius 2 is 2.00 bits per heavy atom. The third-order valence-corrected chi connectivity index (χ3v) is 1.63. The van der Waals surface area contributed by atoms with Crippen LogP contribution in [0, 0.1) is 5.41 Å². The Hall–Kier alpha value is -0.370. The first kappa shape index (κ1) is 9.63. The molecule has 0 amide bonds. The summed E-state index contributed by atoms with van der Waals surface area (Å²) in [4.78, 5) is 11.1. The first-order valence-electron chi connectivity index (χ1n) is 3.68. The molecule has 60 valence electrons. The van der Waals surface area contributed by atoms with Gasteiger partial charge in [-0.2, -0.15) is 0 Å². The van der Waals surface area contributed by atoms with Gasteiger partial charge >= 0.3 is 0 Å². The summed E-state index contributed by atoms with van der Waals surface area (Å²) in [7, 11) is 0. The monoisotopic (exact) mass is 144 g/mol. The lowest BCUT2D eigenvalue weighted by Crippen LogP contribution is -2.27. The smallest absolute Gasteiger partial charge is 0.140 e. The number of rotatable bonds is 4. The zero-order valence-electron chi connectivity index (χ0n) is 6.98. The lowest BCUT2D eigenvalue weighted by Gasteiger charge is -2.18. The molecule has 1 N–H and O–H groups in total. The Morgan fingerprint density at radius 1 is 1.50 bits per heavy atom. The van der Waals surface area contributed by atoms with Gasteiger partial charge in [-0.25, -0.2) is 0 Å². The van der Waals surface area contributed by atoms with Gasteiger partial charge in [-0.15, -0.1) is 0 Å². The summed E-state index contributed by atoms with van der Waals surface area (Å²) in [6, 6.07) is 0. The molecular formula is C8H16O2. The van der Waals surface area contributed by atoms with Gasteiger partial charge < -0.3 is 5.11 Å². The predicted octanol–water partition coefficient (Wildman–Crippen LogP) is 1.37. The molecule has 0 unspecified atom stereocenters. The van der Waals surface area contributed by atoms with E-state index >= 15 is 0 Å². The van der Waals surface area contributed by atoms with Crippen molar-refractivity contribution in [2.75, 3.05) is 6.61 Å². The van der Waals surface area contributed by atoms with Crippen LogP contribution in [0.5, 0.6) is 0 Å². The molecule has 0 aliphatic rings. The van der Waals surface area contributed by atoms with E-state index in [-0.39, 0.29) is 12.4 Å². The van der Waals surface area contributed by atoms with E-state index < -0.39 is 5.41 Å². The summed E-state index contributed by atoms with van der Waals surface area (Å²) in [5.41, 5.74) is -0.532. The molecule has 0 bridgehead atoms. The van der Waals surface area contributed by atoms with Crippen molar-refractivity contribution < 1.29 is 9.90 Å². The molecule has 0 aromatic carbocycles. The lowest BCUT2D eigenvalue weighted by molar-refractivity contribution is -0.129. The quantitative estimate of drug-likeness (QED) is 0.647. The fraction of sp³-hybridized carbons (Fsp3) is 0.875. The molecule has 0 aromatic heterocycles. The fourth-order valence-corrected chi connectivity index (χ4v) is 0.654. The van der Waals surface area contributed by atoms with Crippen molar-refractivity contribution in [3.63, 3.8) is 0 Å². The zero-order chi connectivity index (χ0) is 8.20. The van der Waals surface area contributed by atoms with E-state index in [1.807, 2.05) is 6.92 Å². The number of hydrogen-bond donors (Lipinski definition) is 1. The van der Waals surface area contributed by atoms with Gasteiger partial charge in [0.1, 0.15) is 5.78 Å². The number of carbonyl (C=O) groups excluding carboxylic acids is 1. The molecule has 0 rings (SSSR count). The average molecular weight is 144 g/mol. The van der Waals surface area contributed by atoms with Gasteiger partial charge in [0.2, 0.25) is 0 Å². The van der Waals surface area contributed by atoms with Gasteiger partial charge in [-0.1, -0.05) is 20.8 Å². The van der Waals surface area contributed by atoms with Gasteiger partial charge in [0, 0.05) is 11.8 Å². The third-order valence-electron chi connectivity index (χ3n) is 1.63. The normalized spacial score (nSPS) is 11.6. The van der Waals surface area contributed by atoms with Crippen molar-refractivity contribution in [3.05, 3.63) is 0 Å². The largest absolute Gasteiger partial charge is 0.395 e. The molecule has 0 heterocycles. The molecule has 0 aliphatic carbocycles. The number of Topliss-reactive ketones (excluding diaryl/α,β-unsaturated/α-hetero) is 1. The maximum atomic E-state index is 11.1. The van der Waals surface area contributed by atoms with Gasteiger partial charge in [0.25, 0.3) is 0 Å². The molecule has 0 aromatic rings. The number of carbonyl (C=O) groups is 1. The second kappa shape index (κ2) is 3.71. The van der Waals surface area contributed by atoms with Crippen LogP contribution < -0.4 is 0 Å². The second-order valence-corrected chi connectivity index (χ2v) is 3.22. The predicted molar refractivity (Wildman–Crippen MR) is 40.8 cm³/mol. The van der Waals surface area contributed by atoms with E-state index in [9.17, 15) is 4.79 Å². The molecule has 0 fully saturated rings. The van der Waals surface area contributed by atoms with Crippen LogP contribution in [0.15, 0.2) is 0 Å². The van der Waals surface area contributed by atoms with E-state index in [0.29, 0.717) is 6.42 Å². The van der Waals surface area contributed by atoms with Gasteiger partial charge in [-0.05, 0) is 6.42 Å². The van der Waals surface area contributed by atoms with Crippen LogP contribution in [-0.2, 0) is 4.79 Å². The van der Waals surface area contributed by atoms with Crippen LogP contribution in [-0.4, -0.2) is 17.5 Å². The second-order valence-electron chi connectivity index (χ2n) is 3.22. The lowest BCUT2D eigenvalue weighted by atomic mass is 9.87. The highest BCUT2D eigenvalue weighted by Crippen LogP contribution is 2.17. The summed E-state index contributed by atoms with van der Waals surface area (Å²) in [5, 5.41) is 8.77. The number of aliphatic hydroxyl groups is 1. The fourth-order valence-electron chi connectivity index (χ4n) is 0.654. The molecule has 2 heteroatoms. The van der Waals surface area contributed by atoms with Crippen LogP contribution in [0.1, 0.15) is 33.6 Å². The average Bonchev–Trinajstić information content (AvgIpc) is 1.89. The van der Waals surface area contributed by atoms with E-state index in [2.05, 4.69) is 0 Å². The van der Waals surface area contributed by atoms with Crippen LogP contribution in [0.4, 0.5) is 0 Å². The van der Waals surface area contributed by atoms with Gasteiger partial charge in [0.05, 0.1) is 6.61 Å². The van der Waals surface area contributed by atoms with Crippen molar-refractivity contribution in [2.45, 2.75) is 33.6 Å². The number of aliphatic hydroxyl groups excluding tert-OH is 1. The molecule has 10 heavy (non-hydrogen) atoms.